The summed E-state index contributed by atoms with van der Waals surface area (Å²) in [6.07, 6.45) is 2.36. The molecule has 0 amide bonds. The van der Waals surface area contributed by atoms with Crippen molar-refractivity contribution in [2.45, 2.75) is 19.0 Å². The van der Waals surface area contributed by atoms with Gasteiger partial charge >= 0.3 is 6.18 Å². The first kappa shape index (κ1) is 9.95. The molecule has 3 nitrogen and oxygen atoms in total. The molecule has 1 aliphatic rings. The van der Waals surface area contributed by atoms with Gasteiger partial charge in [-0.3, -0.25) is 5.10 Å². The lowest BCUT2D eigenvalue weighted by atomic mass is 10.1. The standard InChI is InChI=1S/C9H8F3N3/c10-9(11,12)8-13-7(14-15-8)5-6-3-1-2-4-6/h1-3H,4-5H2,(H,13,14,15). The highest BCUT2D eigenvalue weighted by Crippen LogP contribution is 2.26. The molecule has 0 fully saturated rings. The lowest BCUT2D eigenvalue weighted by Gasteiger charge is -1.98. The van der Waals surface area contributed by atoms with Crippen LogP contribution in [0.3, 0.4) is 0 Å². The molecule has 80 valence electrons. The molecule has 0 aromatic carbocycles. The van der Waals surface area contributed by atoms with Gasteiger partial charge in [-0.15, -0.1) is 5.10 Å². The predicted molar refractivity (Wildman–Crippen MR) is 46.9 cm³/mol. The first-order valence-corrected chi connectivity index (χ1v) is 4.39. The maximum Gasteiger partial charge on any atom is 0.453 e. The van der Waals surface area contributed by atoms with Crippen molar-refractivity contribution in [3.63, 3.8) is 0 Å². The Hall–Kier alpha value is -1.59. The molecule has 0 saturated carbocycles. The summed E-state index contributed by atoms with van der Waals surface area (Å²) in [6.45, 7) is 0. The number of hydrogen-bond acceptors (Lipinski definition) is 2. The van der Waals surface area contributed by atoms with Crippen LogP contribution in [0.5, 0.6) is 0 Å². The second kappa shape index (κ2) is 3.52. The molecule has 1 aromatic heterocycles. The smallest absolute Gasteiger partial charge is 0.262 e. The molecule has 6 heteroatoms. The summed E-state index contributed by atoms with van der Waals surface area (Å²) in [4.78, 5) is 3.38. The summed E-state index contributed by atoms with van der Waals surface area (Å²) >= 11 is 0. The second-order valence-electron chi connectivity index (χ2n) is 3.24. The Morgan fingerprint density at radius 3 is 2.73 bits per heavy atom. The topological polar surface area (TPSA) is 41.6 Å². The van der Waals surface area contributed by atoms with Crippen LogP contribution in [0.2, 0.25) is 0 Å². The third-order valence-electron chi connectivity index (χ3n) is 2.03. The molecule has 2 rings (SSSR count). The fraction of sp³-hybridized carbons (Fsp3) is 0.333. The Kier molecular flexibility index (Phi) is 2.34. The van der Waals surface area contributed by atoms with Gasteiger partial charge in [-0.05, 0) is 6.42 Å². The van der Waals surface area contributed by atoms with Gasteiger partial charge in [0.2, 0.25) is 0 Å². The summed E-state index contributed by atoms with van der Waals surface area (Å²) in [5, 5.41) is 5.41. The minimum Gasteiger partial charge on any atom is -0.262 e. The third-order valence-corrected chi connectivity index (χ3v) is 2.03. The van der Waals surface area contributed by atoms with Crippen molar-refractivity contribution < 1.29 is 13.2 Å². The number of halogens is 3. The second-order valence-corrected chi connectivity index (χ2v) is 3.24. The normalized spacial score (nSPS) is 15.8. The van der Waals surface area contributed by atoms with Crippen molar-refractivity contribution in [1.29, 1.82) is 0 Å². The summed E-state index contributed by atoms with van der Waals surface area (Å²) < 4.78 is 36.4. The third kappa shape index (κ3) is 2.26. The predicted octanol–water partition coefficient (Wildman–Crippen LogP) is 2.25. The maximum atomic E-state index is 12.1. The van der Waals surface area contributed by atoms with E-state index in [0.29, 0.717) is 6.42 Å². The molecule has 0 saturated heterocycles. The van der Waals surface area contributed by atoms with Gasteiger partial charge in [-0.25, -0.2) is 4.98 Å². The maximum absolute atomic E-state index is 12.1. The van der Waals surface area contributed by atoms with Crippen LogP contribution in [0, 0.1) is 0 Å². The van der Waals surface area contributed by atoms with Gasteiger partial charge in [0.05, 0.1) is 0 Å². The zero-order chi connectivity index (χ0) is 10.9. The van der Waals surface area contributed by atoms with Crippen LogP contribution < -0.4 is 0 Å². The van der Waals surface area contributed by atoms with E-state index in [1.807, 2.05) is 18.2 Å². The molecule has 0 radical (unpaired) electrons. The molecule has 0 unspecified atom stereocenters. The molecule has 0 bridgehead atoms. The van der Waals surface area contributed by atoms with Crippen molar-refractivity contribution in [3.8, 4) is 0 Å². The molecule has 1 aliphatic carbocycles. The number of nitrogens with zero attached hydrogens (tertiary/aromatic N) is 2. The summed E-state index contributed by atoms with van der Waals surface area (Å²) in [6, 6.07) is 0. The number of nitrogens with one attached hydrogen (secondary N) is 1. The Morgan fingerprint density at radius 2 is 2.20 bits per heavy atom. The monoisotopic (exact) mass is 215 g/mol. The Morgan fingerprint density at radius 1 is 1.40 bits per heavy atom. The summed E-state index contributed by atoms with van der Waals surface area (Å²) in [5.74, 6) is -0.860. The van der Waals surface area contributed by atoms with Crippen molar-refractivity contribution >= 4 is 0 Å². The number of H-pyrrole nitrogens is 1. The van der Waals surface area contributed by atoms with Gasteiger partial charge in [0.15, 0.2) is 0 Å². The lowest BCUT2D eigenvalue weighted by Crippen LogP contribution is -2.07. The Balaban J connectivity index is 2.08. The highest BCUT2D eigenvalue weighted by atomic mass is 19.4. The van der Waals surface area contributed by atoms with Gasteiger partial charge in [-0.1, -0.05) is 23.8 Å². The van der Waals surface area contributed by atoms with Crippen LogP contribution in [0.25, 0.3) is 0 Å². The largest absolute Gasteiger partial charge is 0.453 e. The van der Waals surface area contributed by atoms with Crippen LogP contribution in [-0.4, -0.2) is 15.2 Å². The number of rotatable bonds is 2. The highest BCUT2D eigenvalue weighted by Gasteiger charge is 2.35. The minimum absolute atomic E-state index is 0.247. The van der Waals surface area contributed by atoms with E-state index in [1.165, 1.54) is 0 Å². The van der Waals surface area contributed by atoms with E-state index in [0.717, 1.165) is 12.0 Å². The number of aromatic nitrogens is 3. The van der Waals surface area contributed by atoms with Gasteiger partial charge in [0, 0.05) is 6.42 Å². The lowest BCUT2D eigenvalue weighted by molar-refractivity contribution is -0.144. The average Bonchev–Trinajstić information content (AvgIpc) is 2.73. The molecule has 15 heavy (non-hydrogen) atoms. The number of alkyl halides is 3. The van der Waals surface area contributed by atoms with Crippen molar-refractivity contribution in [3.05, 3.63) is 35.4 Å². The Labute approximate surface area is 83.7 Å². The van der Waals surface area contributed by atoms with Crippen molar-refractivity contribution in [2.24, 2.45) is 0 Å². The quantitative estimate of drug-likeness (QED) is 0.822. The average molecular weight is 215 g/mol. The van der Waals surface area contributed by atoms with Gasteiger partial charge in [0.25, 0.3) is 5.82 Å². The molecule has 0 spiro atoms. The van der Waals surface area contributed by atoms with Gasteiger partial charge in [0.1, 0.15) is 5.82 Å². The summed E-state index contributed by atoms with van der Waals surface area (Å²) in [7, 11) is 0. The molecular formula is C9H8F3N3. The molecule has 1 heterocycles. The zero-order valence-corrected chi connectivity index (χ0v) is 7.67. The van der Waals surface area contributed by atoms with E-state index in [-0.39, 0.29) is 5.82 Å². The fourth-order valence-corrected chi connectivity index (χ4v) is 1.34. The van der Waals surface area contributed by atoms with Gasteiger partial charge < -0.3 is 0 Å². The van der Waals surface area contributed by atoms with Crippen molar-refractivity contribution in [2.75, 3.05) is 0 Å². The van der Waals surface area contributed by atoms with Crippen LogP contribution in [0.4, 0.5) is 13.2 Å². The number of aromatic amines is 1. The molecule has 1 aromatic rings. The van der Waals surface area contributed by atoms with Crippen LogP contribution >= 0.6 is 0 Å². The van der Waals surface area contributed by atoms with Crippen molar-refractivity contribution in [1.82, 2.24) is 15.2 Å². The molecule has 0 atom stereocenters. The van der Waals surface area contributed by atoms with E-state index in [9.17, 15) is 13.2 Å². The highest BCUT2D eigenvalue weighted by molar-refractivity contribution is 5.25. The van der Waals surface area contributed by atoms with E-state index in [4.69, 9.17) is 0 Å². The number of hydrogen-bond donors (Lipinski definition) is 1. The molecular weight excluding hydrogens is 207 g/mol. The van der Waals surface area contributed by atoms with Gasteiger partial charge in [-0.2, -0.15) is 13.2 Å². The zero-order valence-electron chi connectivity index (χ0n) is 7.67. The molecule has 0 aliphatic heterocycles. The Bertz CT molecular complexity index is 414. The fourth-order valence-electron chi connectivity index (χ4n) is 1.34. The van der Waals surface area contributed by atoms with E-state index < -0.39 is 12.0 Å². The van der Waals surface area contributed by atoms with Crippen LogP contribution in [0.1, 0.15) is 18.1 Å². The van der Waals surface area contributed by atoms with E-state index in [1.54, 1.807) is 0 Å². The molecule has 1 N–H and O–H groups in total. The minimum atomic E-state index is -4.48. The number of allylic oxidation sites excluding steroid dienone is 4. The first-order valence-electron chi connectivity index (χ1n) is 4.39. The van der Waals surface area contributed by atoms with E-state index >= 15 is 0 Å². The SMILES string of the molecule is FC(F)(F)c1n[nH]c(CC2=CC=CC2)n1. The van der Waals surface area contributed by atoms with E-state index in [2.05, 4.69) is 15.2 Å². The first-order chi connectivity index (χ1) is 7.05. The summed E-state index contributed by atoms with van der Waals surface area (Å²) in [5.41, 5.74) is 1.03. The van der Waals surface area contributed by atoms with Crippen LogP contribution in [0.15, 0.2) is 23.8 Å². The van der Waals surface area contributed by atoms with Crippen LogP contribution in [-0.2, 0) is 12.6 Å².